The third-order valence-corrected chi connectivity index (χ3v) is 4.70. The predicted molar refractivity (Wildman–Crippen MR) is 76.5 cm³/mol. The average molecular weight is 282 g/mol. The number of aliphatic carboxylic acids is 1. The summed E-state index contributed by atoms with van der Waals surface area (Å²) in [6.45, 7) is 3.20. The standard InChI is InChI=1S/C15H26N2O3/c18-13(17-10-5-8-16-9-11-17)12-15(14(19)20)6-3-1-2-4-7-15/h16H,1-12H2,(H,19,20). The Morgan fingerprint density at radius 1 is 1.00 bits per heavy atom. The minimum atomic E-state index is -0.812. The Balaban J connectivity index is 2.02. The lowest BCUT2D eigenvalue weighted by Crippen LogP contribution is -2.41. The second kappa shape index (κ2) is 7.07. The average Bonchev–Trinajstić information content (AvgIpc) is 2.81. The third kappa shape index (κ3) is 3.72. The number of rotatable bonds is 3. The molecule has 1 aliphatic carbocycles. The molecule has 2 fully saturated rings. The summed E-state index contributed by atoms with van der Waals surface area (Å²) in [7, 11) is 0. The van der Waals surface area contributed by atoms with Crippen molar-refractivity contribution in [3.63, 3.8) is 0 Å². The van der Waals surface area contributed by atoms with Crippen molar-refractivity contribution < 1.29 is 14.7 Å². The van der Waals surface area contributed by atoms with E-state index < -0.39 is 11.4 Å². The fourth-order valence-electron chi connectivity index (χ4n) is 3.37. The monoisotopic (exact) mass is 282 g/mol. The van der Waals surface area contributed by atoms with Crippen molar-refractivity contribution in [3.8, 4) is 0 Å². The number of carbonyl (C=O) groups is 2. The van der Waals surface area contributed by atoms with Crippen LogP contribution in [0.5, 0.6) is 0 Å². The zero-order valence-electron chi connectivity index (χ0n) is 12.2. The van der Waals surface area contributed by atoms with E-state index in [1.807, 2.05) is 4.90 Å². The molecule has 114 valence electrons. The normalized spacial score (nSPS) is 23.7. The van der Waals surface area contributed by atoms with Crippen LogP contribution in [0.1, 0.15) is 51.4 Å². The Morgan fingerprint density at radius 2 is 1.70 bits per heavy atom. The van der Waals surface area contributed by atoms with Crippen molar-refractivity contribution >= 4 is 11.9 Å². The van der Waals surface area contributed by atoms with Gasteiger partial charge in [-0.25, -0.2) is 0 Å². The molecule has 1 saturated carbocycles. The van der Waals surface area contributed by atoms with E-state index in [1.165, 1.54) is 0 Å². The van der Waals surface area contributed by atoms with Gasteiger partial charge >= 0.3 is 5.97 Å². The largest absolute Gasteiger partial charge is 0.481 e. The van der Waals surface area contributed by atoms with Crippen LogP contribution in [-0.4, -0.2) is 48.1 Å². The predicted octanol–water partition coefficient (Wildman–Crippen LogP) is 1.62. The highest BCUT2D eigenvalue weighted by Crippen LogP contribution is 2.39. The first-order chi connectivity index (χ1) is 9.64. The zero-order valence-corrected chi connectivity index (χ0v) is 12.2. The Labute approximate surface area is 120 Å². The molecule has 1 saturated heterocycles. The van der Waals surface area contributed by atoms with Crippen molar-refractivity contribution in [2.75, 3.05) is 26.2 Å². The molecule has 0 spiro atoms. The first kappa shape index (κ1) is 15.3. The summed E-state index contributed by atoms with van der Waals surface area (Å²) in [5, 5.41) is 12.9. The topological polar surface area (TPSA) is 69.6 Å². The maximum atomic E-state index is 12.5. The number of hydrogen-bond acceptors (Lipinski definition) is 3. The molecule has 0 aromatic carbocycles. The van der Waals surface area contributed by atoms with Gasteiger partial charge < -0.3 is 15.3 Å². The number of carboxylic acids is 1. The van der Waals surface area contributed by atoms with Crippen molar-refractivity contribution in [2.45, 2.75) is 51.4 Å². The van der Waals surface area contributed by atoms with E-state index in [9.17, 15) is 14.7 Å². The lowest BCUT2D eigenvalue weighted by Gasteiger charge is -2.30. The summed E-state index contributed by atoms with van der Waals surface area (Å²) in [6.07, 6.45) is 6.49. The van der Waals surface area contributed by atoms with E-state index in [1.54, 1.807) is 0 Å². The van der Waals surface area contributed by atoms with Gasteiger partial charge in [-0.15, -0.1) is 0 Å². The lowest BCUT2D eigenvalue weighted by molar-refractivity contribution is -0.154. The minimum absolute atomic E-state index is 0.0259. The smallest absolute Gasteiger partial charge is 0.310 e. The van der Waals surface area contributed by atoms with Crippen molar-refractivity contribution in [2.24, 2.45) is 5.41 Å². The van der Waals surface area contributed by atoms with Gasteiger partial charge in [0.05, 0.1) is 5.41 Å². The Morgan fingerprint density at radius 3 is 2.35 bits per heavy atom. The summed E-state index contributed by atoms with van der Waals surface area (Å²) in [5.74, 6) is -0.751. The molecule has 1 aliphatic heterocycles. The highest BCUT2D eigenvalue weighted by Gasteiger charge is 2.41. The van der Waals surface area contributed by atoms with Crippen molar-refractivity contribution in [1.29, 1.82) is 0 Å². The molecule has 0 aromatic heterocycles. The van der Waals surface area contributed by atoms with Crippen LogP contribution in [0.2, 0.25) is 0 Å². The van der Waals surface area contributed by atoms with Crippen LogP contribution in [0.3, 0.4) is 0 Å². The van der Waals surface area contributed by atoms with E-state index in [0.717, 1.165) is 51.7 Å². The van der Waals surface area contributed by atoms with Gasteiger partial charge in [0.1, 0.15) is 0 Å². The molecule has 2 N–H and O–H groups in total. The van der Waals surface area contributed by atoms with Crippen LogP contribution in [-0.2, 0) is 9.59 Å². The maximum Gasteiger partial charge on any atom is 0.310 e. The minimum Gasteiger partial charge on any atom is -0.481 e. The van der Waals surface area contributed by atoms with Gasteiger partial charge in [-0.3, -0.25) is 9.59 Å². The quantitative estimate of drug-likeness (QED) is 0.772. The summed E-state index contributed by atoms with van der Waals surface area (Å²) in [5.41, 5.74) is -0.812. The van der Waals surface area contributed by atoms with Gasteiger partial charge in [-0.2, -0.15) is 0 Å². The van der Waals surface area contributed by atoms with Crippen LogP contribution in [0, 0.1) is 5.41 Å². The number of carbonyl (C=O) groups excluding carboxylic acids is 1. The second-order valence-corrected chi connectivity index (χ2v) is 6.16. The van der Waals surface area contributed by atoms with Crippen LogP contribution in [0.15, 0.2) is 0 Å². The van der Waals surface area contributed by atoms with Crippen molar-refractivity contribution in [1.82, 2.24) is 10.2 Å². The zero-order chi connectivity index (χ0) is 14.4. The van der Waals surface area contributed by atoms with Crippen LogP contribution < -0.4 is 5.32 Å². The number of amides is 1. The van der Waals surface area contributed by atoms with Crippen LogP contribution in [0.4, 0.5) is 0 Å². The summed E-state index contributed by atoms with van der Waals surface area (Å²) in [6, 6.07) is 0. The molecule has 1 heterocycles. The highest BCUT2D eigenvalue weighted by atomic mass is 16.4. The molecule has 5 nitrogen and oxygen atoms in total. The molecule has 0 atom stereocenters. The number of nitrogens with zero attached hydrogens (tertiary/aromatic N) is 1. The summed E-state index contributed by atoms with van der Waals surface area (Å²) >= 11 is 0. The Bertz CT molecular complexity index is 341. The summed E-state index contributed by atoms with van der Waals surface area (Å²) in [4.78, 5) is 26.1. The lowest BCUT2D eigenvalue weighted by atomic mass is 9.77. The fraction of sp³-hybridized carbons (Fsp3) is 0.867. The Kier molecular flexibility index (Phi) is 5.40. The molecule has 0 radical (unpaired) electrons. The molecule has 2 aliphatic rings. The first-order valence-electron chi connectivity index (χ1n) is 7.86. The van der Waals surface area contributed by atoms with Crippen LogP contribution in [0.25, 0.3) is 0 Å². The molecule has 0 bridgehead atoms. The SMILES string of the molecule is O=C(CC1(C(=O)O)CCCCCC1)N1CCCNCC1. The summed E-state index contributed by atoms with van der Waals surface area (Å²) < 4.78 is 0. The van der Waals surface area contributed by atoms with Gasteiger partial charge in [0.15, 0.2) is 0 Å². The first-order valence-corrected chi connectivity index (χ1v) is 7.86. The van der Waals surface area contributed by atoms with Gasteiger partial charge in [0, 0.05) is 26.1 Å². The number of carboxylic acid groups (broad SMARTS) is 1. The van der Waals surface area contributed by atoms with Gasteiger partial charge in [-0.05, 0) is 25.8 Å². The van der Waals surface area contributed by atoms with Gasteiger partial charge in [-0.1, -0.05) is 25.7 Å². The van der Waals surface area contributed by atoms with Gasteiger partial charge in [0.25, 0.3) is 0 Å². The molecule has 0 unspecified atom stereocenters. The number of nitrogens with one attached hydrogen (secondary N) is 1. The Hall–Kier alpha value is -1.10. The molecule has 20 heavy (non-hydrogen) atoms. The maximum absolute atomic E-state index is 12.5. The van der Waals surface area contributed by atoms with E-state index in [0.29, 0.717) is 19.4 Å². The van der Waals surface area contributed by atoms with E-state index in [2.05, 4.69) is 5.32 Å². The van der Waals surface area contributed by atoms with Gasteiger partial charge in [0.2, 0.25) is 5.91 Å². The second-order valence-electron chi connectivity index (χ2n) is 6.16. The van der Waals surface area contributed by atoms with E-state index in [4.69, 9.17) is 0 Å². The number of hydrogen-bond donors (Lipinski definition) is 2. The molecule has 2 rings (SSSR count). The molecular weight excluding hydrogens is 256 g/mol. The third-order valence-electron chi connectivity index (χ3n) is 4.70. The van der Waals surface area contributed by atoms with Crippen molar-refractivity contribution in [3.05, 3.63) is 0 Å². The molecular formula is C15H26N2O3. The highest BCUT2D eigenvalue weighted by molar-refractivity contribution is 5.85. The van der Waals surface area contributed by atoms with Crippen LogP contribution >= 0.6 is 0 Å². The molecule has 1 amide bonds. The van der Waals surface area contributed by atoms with E-state index in [-0.39, 0.29) is 12.3 Å². The fourth-order valence-corrected chi connectivity index (χ4v) is 3.37. The van der Waals surface area contributed by atoms with E-state index >= 15 is 0 Å². The molecule has 5 heteroatoms. The molecule has 0 aromatic rings.